The Morgan fingerprint density at radius 2 is 2.22 bits per heavy atom. The Bertz CT molecular complexity index is 621. The number of rotatable bonds is 2. The lowest BCUT2D eigenvalue weighted by Crippen LogP contribution is -2.24. The monoisotopic (exact) mass is 238 g/mol. The molecular formula is C15H14N2O. The minimum Gasteiger partial charge on any atom is -0.312 e. The molecule has 0 bridgehead atoms. The van der Waals surface area contributed by atoms with Crippen LogP contribution in [0.3, 0.4) is 0 Å². The van der Waals surface area contributed by atoms with Crippen LogP contribution in [0.25, 0.3) is 10.8 Å². The number of amides is 1. The van der Waals surface area contributed by atoms with Crippen molar-refractivity contribution < 1.29 is 4.79 Å². The zero-order chi connectivity index (χ0) is 12.5. The first-order valence-electron chi connectivity index (χ1n) is 6.04. The summed E-state index contributed by atoms with van der Waals surface area (Å²) in [5.41, 5.74) is 0.961. The first-order valence-corrected chi connectivity index (χ1v) is 6.04. The molecule has 1 aromatic carbocycles. The molecular weight excluding hydrogens is 224 g/mol. The van der Waals surface area contributed by atoms with Crippen LogP contribution in [0.1, 0.15) is 6.42 Å². The number of hydrogen-bond donors (Lipinski definition) is 0. The number of fused-ring (bicyclic) bond motifs is 1. The van der Waals surface area contributed by atoms with E-state index in [-0.39, 0.29) is 11.8 Å². The molecule has 0 N–H and O–H groups in total. The van der Waals surface area contributed by atoms with Crippen LogP contribution in [-0.2, 0) is 4.79 Å². The van der Waals surface area contributed by atoms with Gasteiger partial charge in [-0.2, -0.15) is 0 Å². The summed E-state index contributed by atoms with van der Waals surface area (Å²) >= 11 is 0. The summed E-state index contributed by atoms with van der Waals surface area (Å²) in [4.78, 5) is 17.9. The molecule has 1 aliphatic rings. The number of benzene rings is 1. The van der Waals surface area contributed by atoms with E-state index in [9.17, 15) is 4.79 Å². The minimum absolute atomic E-state index is 0.174. The molecule has 0 aliphatic carbocycles. The number of hydrogen-bond acceptors (Lipinski definition) is 2. The normalized spacial score (nSPS) is 19.4. The zero-order valence-electron chi connectivity index (χ0n) is 10.0. The van der Waals surface area contributed by atoms with Gasteiger partial charge in [-0.25, -0.2) is 0 Å². The van der Waals surface area contributed by atoms with Crippen molar-refractivity contribution in [2.45, 2.75) is 6.42 Å². The van der Waals surface area contributed by atoms with E-state index in [0.717, 1.165) is 23.0 Å². The van der Waals surface area contributed by atoms with Crippen molar-refractivity contribution >= 4 is 22.4 Å². The molecule has 3 heteroatoms. The van der Waals surface area contributed by atoms with Gasteiger partial charge in [-0.3, -0.25) is 9.78 Å². The van der Waals surface area contributed by atoms with E-state index in [0.29, 0.717) is 6.42 Å². The van der Waals surface area contributed by atoms with Crippen molar-refractivity contribution in [3.8, 4) is 0 Å². The molecule has 1 unspecified atom stereocenters. The molecule has 0 spiro atoms. The van der Waals surface area contributed by atoms with Gasteiger partial charge < -0.3 is 4.90 Å². The number of nitrogens with zero attached hydrogens (tertiary/aromatic N) is 2. The first kappa shape index (κ1) is 11.0. The van der Waals surface area contributed by atoms with Crippen molar-refractivity contribution in [2.75, 3.05) is 11.4 Å². The highest BCUT2D eigenvalue weighted by Crippen LogP contribution is 2.28. The van der Waals surface area contributed by atoms with E-state index in [1.54, 1.807) is 6.20 Å². The summed E-state index contributed by atoms with van der Waals surface area (Å²) in [5, 5.41) is 2.20. The van der Waals surface area contributed by atoms with Gasteiger partial charge in [0, 0.05) is 42.4 Å². The average Bonchev–Trinajstić information content (AvgIpc) is 2.79. The van der Waals surface area contributed by atoms with Crippen molar-refractivity contribution in [1.82, 2.24) is 4.98 Å². The van der Waals surface area contributed by atoms with Gasteiger partial charge in [0.15, 0.2) is 0 Å². The Kier molecular flexibility index (Phi) is 2.59. The maximum atomic E-state index is 11.9. The number of carbonyl (C=O) groups excluding carboxylic acids is 1. The first-order chi connectivity index (χ1) is 8.78. The largest absolute Gasteiger partial charge is 0.312 e. The molecule has 1 aliphatic heterocycles. The van der Waals surface area contributed by atoms with E-state index in [1.165, 1.54) is 0 Å². The minimum atomic E-state index is 0.174. The highest BCUT2D eigenvalue weighted by Gasteiger charge is 2.28. The van der Waals surface area contributed by atoms with Crippen LogP contribution in [0, 0.1) is 5.92 Å². The smallest absolute Gasteiger partial charge is 0.227 e. The summed E-state index contributed by atoms with van der Waals surface area (Å²) < 4.78 is 0. The van der Waals surface area contributed by atoms with Crippen LogP contribution >= 0.6 is 0 Å². The number of pyridine rings is 1. The van der Waals surface area contributed by atoms with E-state index < -0.39 is 0 Å². The van der Waals surface area contributed by atoms with Crippen molar-refractivity contribution in [2.24, 2.45) is 5.92 Å². The standard InChI is InChI=1S/C15H14N2O/c1-2-11-7-15(18)17(10-11)14-4-3-13-9-16-6-5-12(13)8-14/h2-6,8-9,11H,1,7,10H2. The average molecular weight is 238 g/mol. The molecule has 90 valence electrons. The molecule has 2 heterocycles. The Hall–Kier alpha value is -2.16. The van der Waals surface area contributed by atoms with Crippen molar-refractivity contribution in [3.63, 3.8) is 0 Å². The fourth-order valence-electron chi connectivity index (χ4n) is 2.38. The molecule has 1 aromatic heterocycles. The molecule has 0 radical (unpaired) electrons. The maximum Gasteiger partial charge on any atom is 0.227 e. The number of anilines is 1. The molecule has 1 atom stereocenters. The number of carbonyl (C=O) groups is 1. The molecule has 1 fully saturated rings. The van der Waals surface area contributed by atoms with Gasteiger partial charge in [0.1, 0.15) is 0 Å². The van der Waals surface area contributed by atoms with Crippen LogP contribution in [0.2, 0.25) is 0 Å². The Morgan fingerprint density at radius 3 is 3.00 bits per heavy atom. The van der Waals surface area contributed by atoms with Crippen LogP contribution in [0.15, 0.2) is 49.3 Å². The lowest BCUT2D eigenvalue weighted by molar-refractivity contribution is -0.117. The van der Waals surface area contributed by atoms with Crippen LogP contribution in [0.4, 0.5) is 5.69 Å². The van der Waals surface area contributed by atoms with Gasteiger partial charge in [-0.05, 0) is 23.6 Å². The predicted octanol–water partition coefficient (Wildman–Crippen LogP) is 2.77. The van der Waals surface area contributed by atoms with Gasteiger partial charge in [-0.15, -0.1) is 6.58 Å². The third-order valence-electron chi connectivity index (χ3n) is 3.42. The Labute approximate surface area is 106 Å². The Balaban J connectivity index is 1.99. The third kappa shape index (κ3) is 1.78. The van der Waals surface area contributed by atoms with E-state index >= 15 is 0 Å². The van der Waals surface area contributed by atoms with Crippen LogP contribution in [-0.4, -0.2) is 17.4 Å². The fourth-order valence-corrected chi connectivity index (χ4v) is 2.38. The number of aromatic nitrogens is 1. The molecule has 0 saturated carbocycles. The van der Waals surface area contributed by atoms with E-state index in [1.807, 2.05) is 41.4 Å². The molecule has 3 rings (SSSR count). The highest BCUT2D eigenvalue weighted by atomic mass is 16.2. The summed E-state index contributed by atoms with van der Waals surface area (Å²) in [6.07, 6.45) is 6.03. The quantitative estimate of drug-likeness (QED) is 0.754. The topological polar surface area (TPSA) is 33.2 Å². The Morgan fingerprint density at radius 1 is 1.33 bits per heavy atom. The molecule has 3 nitrogen and oxygen atoms in total. The van der Waals surface area contributed by atoms with Gasteiger partial charge in [-0.1, -0.05) is 12.1 Å². The lowest BCUT2D eigenvalue weighted by atomic mass is 10.1. The second-order valence-corrected chi connectivity index (χ2v) is 4.61. The van der Waals surface area contributed by atoms with E-state index in [4.69, 9.17) is 0 Å². The molecule has 1 amide bonds. The molecule has 18 heavy (non-hydrogen) atoms. The van der Waals surface area contributed by atoms with Gasteiger partial charge in [0.25, 0.3) is 0 Å². The second kappa shape index (κ2) is 4.26. The van der Waals surface area contributed by atoms with Crippen LogP contribution in [0.5, 0.6) is 0 Å². The summed E-state index contributed by atoms with van der Waals surface area (Å²) in [6, 6.07) is 7.99. The van der Waals surface area contributed by atoms with Crippen molar-refractivity contribution in [3.05, 3.63) is 49.3 Å². The lowest BCUT2D eigenvalue weighted by Gasteiger charge is -2.16. The SMILES string of the molecule is C=CC1CC(=O)N(c2ccc3cnccc3c2)C1. The van der Waals surface area contributed by atoms with E-state index in [2.05, 4.69) is 11.6 Å². The predicted molar refractivity (Wildman–Crippen MR) is 72.4 cm³/mol. The van der Waals surface area contributed by atoms with Crippen molar-refractivity contribution in [1.29, 1.82) is 0 Å². The third-order valence-corrected chi connectivity index (χ3v) is 3.42. The second-order valence-electron chi connectivity index (χ2n) is 4.61. The summed E-state index contributed by atoms with van der Waals surface area (Å²) in [6.45, 7) is 4.50. The molecule has 1 saturated heterocycles. The molecule has 2 aromatic rings. The summed E-state index contributed by atoms with van der Waals surface area (Å²) in [7, 11) is 0. The zero-order valence-corrected chi connectivity index (χ0v) is 10.0. The highest BCUT2D eigenvalue weighted by molar-refractivity contribution is 5.98. The summed E-state index contributed by atoms with van der Waals surface area (Å²) in [5.74, 6) is 0.443. The van der Waals surface area contributed by atoms with Gasteiger partial charge in [0.2, 0.25) is 5.91 Å². The van der Waals surface area contributed by atoms with Gasteiger partial charge >= 0.3 is 0 Å². The maximum absolute atomic E-state index is 11.9. The van der Waals surface area contributed by atoms with Crippen LogP contribution < -0.4 is 4.90 Å². The van der Waals surface area contributed by atoms with Gasteiger partial charge in [0.05, 0.1) is 0 Å². The fraction of sp³-hybridized carbons (Fsp3) is 0.200.